The maximum absolute atomic E-state index is 12.4. The van der Waals surface area contributed by atoms with E-state index in [4.69, 9.17) is 18.9 Å². The molecule has 6 nitrogen and oxygen atoms in total. The molecule has 0 unspecified atom stereocenters. The van der Waals surface area contributed by atoms with Crippen molar-refractivity contribution < 1.29 is 23.7 Å². The zero-order valence-corrected chi connectivity index (χ0v) is 19.2. The molecule has 3 aromatic carbocycles. The lowest BCUT2D eigenvalue weighted by molar-refractivity contribution is 0.100. The summed E-state index contributed by atoms with van der Waals surface area (Å²) in [6.07, 6.45) is 5.77. The molecular weight excluding hydrogens is 418 g/mol. The average Bonchev–Trinajstić information content (AvgIpc) is 2.86. The summed E-state index contributed by atoms with van der Waals surface area (Å²) in [4.78, 5) is 16.8. The molecule has 0 aromatic heterocycles. The standard InChI is InChI=1S/C27H27NO5/c1-30-23-10-6-8-21(18-23)24(29)13-14-28-22-9-5-7-19(15-22)11-12-20-16-25(31-2)27(33-4)26(17-20)32-3/h5-12,14-18H,13H2,1-4H3/b12-11-,28-14?. The van der Waals surface area contributed by atoms with Crippen LogP contribution in [0.1, 0.15) is 27.9 Å². The number of aliphatic imine (C=N–C) groups is 1. The molecule has 0 saturated heterocycles. The molecular formula is C27H27NO5. The zero-order valence-electron chi connectivity index (χ0n) is 19.2. The van der Waals surface area contributed by atoms with E-state index >= 15 is 0 Å². The van der Waals surface area contributed by atoms with Gasteiger partial charge in [0.1, 0.15) is 5.75 Å². The first-order chi connectivity index (χ1) is 16.1. The Morgan fingerprint density at radius 1 is 0.788 bits per heavy atom. The normalized spacial score (nSPS) is 11.0. The second kappa shape index (κ2) is 11.5. The first kappa shape index (κ1) is 23.6. The molecule has 3 rings (SSSR count). The maximum Gasteiger partial charge on any atom is 0.203 e. The Balaban J connectivity index is 1.71. The van der Waals surface area contributed by atoms with Crippen LogP contribution in [0.4, 0.5) is 5.69 Å². The third-order valence-corrected chi connectivity index (χ3v) is 4.93. The first-order valence-corrected chi connectivity index (χ1v) is 10.4. The monoisotopic (exact) mass is 445 g/mol. The Kier molecular flexibility index (Phi) is 8.24. The zero-order chi connectivity index (χ0) is 23.6. The molecule has 0 fully saturated rings. The van der Waals surface area contributed by atoms with Gasteiger partial charge in [-0.1, -0.05) is 36.4 Å². The molecule has 0 radical (unpaired) electrons. The Hall–Kier alpha value is -4.06. The topological polar surface area (TPSA) is 66.4 Å². The van der Waals surface area contributed by atoms with E-state index in [9.17, 15) is 4.79 Å². The summed E-state index contributed by atoms with van der Waals surface area (Å²) >= 11 is 0. The van der Waals surface area contributed by atoms with E-state index in [0.29, 0.717) is 28.6 Å². The minimum atomic E-state index is -0.0175. The fourth-order valence-corrected chi connectivity index (χ4v) is 3.25. The minimum absolute atomic E-state index is 0.0175. The lowest BCUT2D eigenvalue weighted by atomic mass is 10.1. The molecule has 0 saturated carbocycles. The molecule has 0 heterocycles. The third-order valence-electron chi connectivity index (χ3n) is 4.93. The quantitative estimate of drug-likeness (QED) is 0.222. The first-order valence-electron chi connectivity index (χ1n) is 10.4. The van der Waals surface area contributed by atoms with Gasteiger partial charge in [0.05, 0.1) is 34.1 Å². The maximum atomic E-state index is 12.4. The van der Waals surface area contributed by atoms with Crippen LogP contribution < -0.4 is 18.9 Å². The predicted molar refractivity (Wildman–Crippen MR) is 132 cm³/mol. The van der Waals surface area contributed by atoms with Crippen molar-refractivity contribution in [2.24, 2.45) is 4.99 Å². The molecule has 0 aliphatic rings. The number of benzene rings is 3. The average molecular weight is 446 g/mol. The number of hydrogen-bond acceptors (Lipinski definition) is 6. The van der Waals surface area contributed by atoms with Crippen LogP contribution in [-0.2, 0) is 0 Å². The number of Topliss-reactive ketones (excluding diaryl/α,β-unsaturated/α-hetero) is 1. The minimum Gasteiger partial charge on any atom is -0.497 e. The van der Waals surface area contributed by atoms with E-state index in [1.807, 2.05) is 54.6 Å². The second-order valence-electron chi connectivity index (χ2n) is 7.06. The lowest BCUT2D eigenvalue weighted by Gasteiger charge is -2.12. The summed E-state index contributed by atoms with van der Waals surface area (Å²) in [5, 5.41) is 0. The highest BCUT2D eigenvalue weighted by molar-refractivity contribution is 6.04. The number of nitrogens with zero attached hydrogens (tertiary/aromatic N) is 1. The molecule has 170 valence electrons. The summed E-state index contributed by atoms with van der Waals surface area (Å²) < 4.78 is 21.4. The highest BCUT2D eigenvalue weighted by atomic mass is 16.5. The third kappa shape index (κ3) is 6.23. The predicted octanol–water partition coefficient (Wildman–Crippen LogP) is 5.87. The molecule has 33 heavy (non-hydrogen) atoms. The van der Waals surface area contributed by atoms with Gasteiger partial charge in [0.2, 0.25) is 5.75 Å². The molecule has 6 heteroatoms. The highest BCUT2D eigenvalue weighted by Crippen LogP contribution is 2.38. The van der Waals surface area contributed by atoms with Crippen LogP contribution in [0.25, 0.3) is 12.2 Å². The Morgan fingerprint density at radius 2 is 1.48 bits per heavy atom. The van der Waals surface area contributed by atoms with E-state index in [1.165, 1.54) is 0 Å². The van der Waals surface area contributed by atoms with Gasteiger partial charge in [0.25, 0.3) is 0 Å². The summed E-state index contributed by atoms with van der Waals surface area (Å²) in [5.41, 5.74) is 3.24. The fraction of sp³-hybridized carbons (Fsp3) is 0.185. The van der Waals surface area contributed by atoms with Crippen LogP contribution in [0.3, 0.4) is 0 Å². The molecule has 0 N–H and O–H groups in total. The fourth-order valence-electron chi connectivity index (χ4n) is 3.25. The van der Waals surface area contributed by atoms with E-state index in [0.717, 1.165) is 16.8 Å². The van der Waals surface area contributed by atoms with Crippen molar-refractivity contribution in [3.05, 3.63) is 77.4 Å². The lowest BCUT2D eigenvalue weighted by Crippen LogP contribution is -1.99. The number of methoxy groups -OCH3 is 4. The van der Waals surface area contributed by atoms with Crippen molar-refractivity contribution in [3.8, 4) is 23.0 Å². The van der Waals surface area contributed by atoms with E-state index < -0.39 is 0 Å². The van der Waals surface area contributed by atoms with E-state index in [1.54, 1.807) is 52.9 Å². The van der Waals surface area contributed by atoms with Crippen molar-refractivity contribution in [1.82, 2.24) is 0 Å². The van der Waals surface area contributed by atoms with Gasteiger partial charge in [-0.25, -0.2) is 0 Å². The van der Waals surface area contributed by atoms with Gasteiger partial charge < -0.3 is 18.9 Å². The van der Waals surface area contributed by atoms with Gasteiger partial charge in [-0.3, -0.25) is 9.79 Å². The molecule has 3 aromatic rings. The summed E-state index contributed by atoms with van der Waals surface area (Å²) in [5.74, 6) is 2.38. The van der Waals surface area contributed by atoms with Gasteiger partial charge in [-0.05, 0) is 47.5 Å². The summed E-state index contributed by atoms with van der Waals surface area (Å²) in [7, 11) is 6.33. The van der Waals surface area contributed by atoms with Crippen LogP contribution in [0.5, 0.6) is 23.0 Å². The molecule has 0 amide bonds. The molecule has 0 spiro atoms. The van der Waals surface area contributed by atoms with E-state index in [-0.39, 0.29) is 12.2 Å². The Morgan fingerprint density at radius 3 is 2.15 bits per heavy atom. The Labute approximate surface area is 194 Å². The van der Waals surface area contributed by atoms with Crippen LogP contribution >= 0.6 is 0 Å². The summed E-state index contributed by atoms with van der Waals surface area (Å²) in [6.45, 7) is 0. The van der Waals surface area contributed by atoms with E-state index in [2.05, 4.69) is 4.99 Å². The molecule has 0 atom stereocenters. The molecule has 0 bridgehead atoms. The van der Waals surface area contributed by atoms with Crippen molar-refractivity contribution in [2.75, 3.05) is 28.4 Å². The van der Waals surface area contributed by atoms with Gasteiger partial charge >= 0.3 is 0 Å². The number of ketones is 1. The molecule has 0 aliphatic carbocycles. The number of ether oxygens (including phenoxy) is 4. The van der Waals surface area contributed by atoms with Crippen LogP contribution in [0.15, 0.2) is 65.7 Å². The molecule has 0 aliphatic heterocycles. The van der Waals surface area contributed by atoms with Crippen molar-refractivity contribution in [2.45, 2.75) is 6.42 Å². The highest BCUT2D eigenvalue weighted by Gasteiger charge is 2.12. The van der Waals surface area contributed by atoms with Crippen molar-refractivity contribution in [3.63, 3.8) is 0 Å². The van der Waals surface area contributed by atoms with Crippen molar-refractivity contribution in [1.29, 1.82) is 0 Å². The largest absolute Gasteiger partial charge is 0.497 e. The SMILES string of the molecule is COc1cccc(C(=O)CC=Nc2cccc(/C=C\c3cc(OC)c(OC)c(OC)c3)c2)c1. The number of hydrogen-bond donors (Lipinski definition) is 0. The van der Waals surface area contributed by atoms with Crippen LogP contribution in [0.2, 0.25) is 0 Å². The smallest absolute Gasteiger partial charge is 0.203 e. The number of rotatable bonds is 10. The van der Waals surface area contributed by atoms with Gasteiger partial charge in [-0.15, -0.1) is 0 Å². The van der Waals surface area contributed by atoms with Crippen LogP contribution in [0, 0.1) is 0 Å². The Bertz CT molecular complexity index is 1140. The summed E-state index contributed by atoms with van der Waals surface area (Å²) in [6, 6.07) is 18.6. The van der Waals surface area contributed by atoms with Gasteiger partial charge in [-0.2, -0.15) is 0 Å². The van der Waals surface area contributed by atoms with Gasteiger partial charge in [0, 0.05) is 18.2 Å². The number of carbonyl (C=O) groups excluding carboxylic acids is 1. The van der Waals surface area contributed by atoms with Gasteiger partial charge in [0.15, 0.2) is 17.3 Å². The van der Waals surface area contributed by atoms with Crippen molar-refractivity contribution >= 4 is 29.8 Å². The number of carbonyl (C=O) groups is 1. The van der Waals surface area contributed by atoms with Crippen LogP contribution in [-0.4, -0.2) is 40.4 Å². The second-order valence-corrected chi connectivity index (χ2v) is 7.06.